The van der Waals surface area contributed by atoms with Crippen molar-refractivity contribution in [2.24, 2.45) is 0 Å². The minimum absolute atomic E-state index is 0.0747. The van der Waals surface area contributed by atoms with Gasteiger partial charge in [0.2, 0.25) is 11.8 Å². The summed E-state index contributed by atoms with van der Waals surface area (Å²) in [5, 5.41) is 8.47. The molecular formula is C40H40FN9O3. The van der Waals surface area contributed by atoms with Gasteiger partial charge in [0.15, 0.2) is 5.65 Å². The molecule has 0 spiro atoms. The summed E-state index contributed by atoms with van der Waals surface area (Å²) < 4.78 is 24.0. The first-order chi connectivity index (χ1) is 26.0. The number of hydrogen-bond donors (Lipinski definition) is 1. The maximum atomic E-state index is 14.1. The van der Waals surface area contributed by atoms with Crippen LogP contribution in [0.5, 0.6) is 5.75 Å². The van der Waals surface area contributed by atoms with Gasteiger partial charge in [-0.25, -0.2) is 18.9 Å². The van der Waals surface area contributed by atoms with Crippen LogP contribution < -0.4 is 19.9 Å². The highest BCUT2D eigenvalue weighted by Gasteiger charge is 2.30. The zero-order chi connectivity index (χ0) is 35.9. The number of ether oxygens (including phenoxy) is 1. The van der Waals surface area contributed by atoms with E-state index in [0.29, 0.717) is 19.4 Å². The van der Waals surface area contributed by atoms with Crippen molar-refractivity contribution >= 4 is 40.0 Å². The molecule has 9 rings (SSSR count). The van der Waals surface area contributed by atoms with Crippen LogP contribution in [0.2, 0.25) is 0 Å². The van der Waals surface area contributed by atoms with Crippen molar-refractivity contribution in [2.75, 3.05) is 55.7 Å². The lowest BCUT2D eigenvalue weighted by molar-refractivity contribution is -0.135. The predicted octanol–water partition coefficient (Wildman–Crippen LogP) is 5.41. The Morgan fingerprint density at radius 1 is 0.868 bits per heavy atom. The Morgan fingerprint density at radius 2 is 1.75 bits per heavy atom. The minimum atomic E-state index is -0.382. The highest BCUT2D eigenvalue weighted by molar-refractivity contribution is 6.00. The summed E-state index contributed by atoms with van der Waals surface area (Å²) >= 11 is 0. The van der Waals surface area contributed by atoms with E-state index in [1.165, 1.54) is 6.07 Å². The van der Waals surface area contributed by atoms with Gasteiger partial charge in [0.05, 0.1) is 17.9 Å². The van der Waals surface area contributed by atoms with Crippen molar-refractivity contribution in [1.82, 2.24) is 34.4 Å². The molecule has 7 heterocycles. The second-order valence-corrected chi connectivity index (χ2v) is 14.0. The summed E-state index contributed by atoms with van der Waals surface area (Å²) in [6.45, 7) is 5.72. The zero-order valence-corrected chi connectivity index (χ0v) is 29.3. The van der Waals surface area contributed by atoms with Gasteiger partial charge in [-0.05, 0) is 85.5 Å². The van der Waals surface area contributed by atoms with Gasteiger partial charge in [-0.1, -0.05) is 18.2 Å². The number of nitrogens with zero attached hydrogens (tertiary/aromatic N) is 8. The van der Waals surface area contributed by atoms with Gasteiger partial charge in [-0.2, -0.15) is 0 Å². The van der Waals surface area contributed by atoms with Crippen molar-refractivity contribution < 1.29 is 18.7 Å². The van der Waals surface area contributed by atoms with Crippen LogP contribution >= 0.6 is 0 Å². The molecule has 1 N–H and O–H groups in total. The van der Waals surface area contributed by atoms with Crippen LogP contribution in [0.25, 0.3) is 27.9 Å². The first kappa shape index (κ1) is 33.0. The summed E-state index contributed by atoms with van der Waals surface area (Å²) in [6, 6.07) is 24.6. The first-order valence-electron chi connectivity index (χ1n) is 18.4. The Hall–Kier alpha value is -5.82. The normalized spacial score (nSPS) is 19.7. The lowest BCUT2D eigenvalue weighted by Gasteiger charge is -2.35. The number of fused-ring (bicyclic) bond motifs is 2. The lowest BCUT2D eigenvalue weighted by atomic mass is 10.0. The smallest absolute Gasteiger partial charge is 0.249 e. The van der Waals surface area contributed by atoms with Gasteiger partial charge in [0.1, 0.15) is 41.5 Å². The fraction of sp³-hybridized carbons (Fsp3) is 0.325. The number of carbonyl (C=O) groups excluding carboxylic acids is 2. The predicted molar refractivity (Wildman–Crippen MR) is 199 cm³/mol. The van der Waals surface area contributed by atoms with E-state index in [9.17, 15) is 14.0 Å². The van der Waals surface area contributed by atoms with Gasteiger partial charge >= 0.3 is 0 Å². The lowest BCUT2D eigenvalue weighted by Crippen LogP contribution is -2.47. The quantitative estimate of drug-likeness (QED) is 0.197. The van der Waals surface area contributed by atoms with Crippen LogP contribution in [0.4, 0.5) is 16.0 Å². The molecule has 270 valence electrons. The number of anilines is 2. The van der Waals surface area contributed by atoms with E-state index in [2.05, 4.69) is 31.1 Å². The number of benzene rings is 2. The number of amides is 2. The Bertz CT molecular complexity index is 2310. The average molecular weight is 714 g/mol. The van der Waals surface area contributed by atoms with Crippen molar-refractivity contribution in [3.63, 3.8) is 0 Å². The second-order valence-electron chi connectivity index (χ2n) is 14.0. The third-order valence-electron chi connectivity index (χ3n) is 10.7. The summed E-state index contributed by atoms with van der Waals surface area (Å²) in [7, 11) is 0. The molecule has 4 aromatic heterocycles. The molecule has 0 aliphatic carbocycles. The molecule has 2 atom stereocenters. The largest absolute Gasteiger partial charge is 0.492 e. The number of carbonyl (C=O) groups is 2. The molecule has 12 nitrogen and oxygen atoms in total. The second kappa shape index (κ2) is 14.0. The highest BCUT2D eigenvalue weighted by atomic mass is 19.1. The average Bonchev–Trinajstić information content (AvgIpc) is 3.94. The van der Waals surface area contributed by atoms with Crippen LogP contribution in [-0.2, 0) is 9.59 Å². The molecule has 6 aromatic rings. The Balaban J connectivity index is 0.819. The van der Waals surface area contributed by atoms with Gasteiger partial charge in [-0.3, -0.25) is 19.8 Å². The number of imidazole rings is 1. The Kier molecular flexibility index (Phi) is 8.70. The number of hydrogen-bond acceptors (Lipinski definition) is 9. The third-order valence-corrected chi connectivity index (χ3v) is 10.7. The molecule has 0 bridgehead atoms. The van der Waals surface area contributed by atoms with Crippen LogP contribution in [-0.4, -0.2) is 86.7 Å². The summed E-state index contributed by atoms with van der Waals surface area (Å²) in [6.07, 6.45) is 6.55. The number of piperidine rings is 1. The van der Waals surface area contributed by atoms with E-state index in [4.69, 9.17) is 14.8 Å². The molecule has 2 aromatic carbocycles. The summed E-state index contributed by atoms with van der Waals surface area (Å²) in [5.74, 6) is 1.87. The molecule has 2 amide bonds. The number of rotatable bonds is 9. The Labute approximate surface area is 305 Å². The number of nitrogens with one attached hydrogen (secondary N) is 1. The van der Waals surface area contributed by atoms with Crippen molar-refractivity contribution in [3.8, 4) is 17.1 Å². The number of piperazine rings is 1. The molecule has 2 unspecified atom stereocenters. The van der Waals surface area contributed by atoms with Gasteiger partial charge in [-0.15, -0.1) is 5.10 Å². The molecule has 13 heteroatoms. The van der Waals surface area contributed by atoms with E-state index in [0.717, 1.165) is 103 Å². The Morgan fingerprint density at radius 3 is 2.62 bits per heavy atom. The number of aromatic nitrogens is 5. The first-order valence-corrected chi connectivity index (χ1v) is 18.4. The fourth-order valence-electron chi connectivity index (χ4n) is 7.98. The summed E-state index contributed by atoms with van der Waals surface area (Å²) in [5.41, 5.74) is 4.30. The molecule has 3 saturated heterocycles. The monoisotopic (exact) mass is 713 g/mol. The molecule has 3 aliphatic rings. The fourth-order valence-corrected chi connectivity index (χ4v) is 7.98. The minimum Gasteiger partial charge on any atom is -0.492 e. The highest BCUT2D eigenvalue weighted by Crippen LogP contribution is 2.36. The standard InChI is InChI=1S/C40H40FN9O3/c41-29-5-1-4-27(24-29)32-7-3-16-49(32)38-13-12-36-42-26-35(50(36)45-38)31-6-2-8-37(43-31)47-20-18-46(19-21-47)22-23-53-30-9-10-33-28(25-30)15-17-48(33)34-11-14-39(51)44-40(34)52/h1-2,4-6,8-10,12-13,15,17,24-26,32,34H,3,7,11,14,16,18-23H2,(H,44,51,52). The zero-order valence-electron chi connectivity index (χ0n) is 29.3. The van der Waals surface area contributed by atoms with Crippen LogP contribution in [0.3, 0.4) is 0 Å². The van der Waals surface area contributed by atoms with E-state index in [1.54, 1.807) is 12.1 Å². The molecular weight excluding hydrogens is 673 g/mol. The van der Waals surface area contributed by atoms with Gasteiger partial charge in [0.25, 0.3) is 0 Å². The molecule has 0 radical (unpaired) electrons. The topological polar surface area (TPSA) is 113 Å². The van der Waals surface area contributed by atoms with Crippen molar-refractivity contribution in [2.45, 2.75) is 37.8 Å². The molecule has 0 saturated carbocycles. The van der Waals surface area contributed by atoms with Gasteiger partial charge < -0.3 is 19.1 Å². The van der Waals surface area contributed by atoms with Crippen molar-refractivity contribution in [3.05, 3.63) is 103 Å². The molecule has 3 aliphatic heterocycles. The van der Waals surface area contributed by atoms with Crippen LogP contribution in [0.15, 0.2) is 91.3 Å². The van der Waals surface area contributed by atoms with Crippen molar-refractivity contribution in [1.29, 1.82) is 0 Å². The number of halogens is 1. The van der Waals surface area contributed by atoms with Crippen LogP contribution in [0, 0.1) is 5.82 Å². The summed E-state index contributed by atoms with van der Waals surface area (Å²) in [4.78, 5) is 40.7. The SMILES string of the molecule is O=C1CCC(n2ccc3cc(OCCN4CCN(c5cccc(-c6cnc7ccc(N8CCCC8c8cccc(F)c8)nn67)n5)CC4)ccc32)C(=O)N1. The number of imide groups is 1. The maximum absolute atomic E-state index is 14.1. The maximum Gasteiger partial charge on any atom is 0.249 e. The number of pyridine rings is 1. The van der Waals surface area contributed by atoms with Crippen LogP contribution in [0.1, 0.15) is 43.3 Å². The van der Waals surface area contributed by atoms with E-state index < -0.39 is 0 Å². The molecule has 3 fully saturated rings. The van der Waals surface area contributed by atoms with E-state index in [1.807, 2.05) is 76.1 Å². The molecule has 53 heavy (non-hydrogen) atoms. The third kappa shape index (κ3) is 6.56. The van der Waals surface area contributed by atoms with Gasteiger partial charge in [0, 0.05) is 62.8 Å². The van der Waals surface area contributed by atoms with E-state index >= 15 is 0 Å². The van der Waals surface area contributed by atoms with E-state index in [-0.39, 0.29) is 29.7 Å².